The van der Waals surface area contributed by atoms with Crippen LogP contribution in [0.5, 0.6) is 0 Å². The fourth-order valence-corrected chi connectivity index (χ4v) is 15.9. The minimum Gasteiger partial charge on any atom is -0.481 e. The van der Waals surface area contributed by atoms with Gasteiger partial charge in [0.05, 0.1) is 41.4 Å². The van der Waals surface area contributed by atoms with Crippen molar-refractivity contribution in [3.05, 3.63) is 52.9 Å². The number of sulfone groups is 1. The lowest BCUT2D eigenvalue weighted by molar-refractivity contribution is -0.175. The number of fused-ring (bicyclic) bond motifs is 7. The molecule has 56 heavy (non-hydrogen) atoms. The predicted molar refractivity (Wildman–Crippen MR) is 218 cm³/mol. The Balaban J connectivity index is 0.939. The summed E-state index contributed by atoms with van der Waals surface area (Å²) >= 11 is 0. The number of nitrogens with zero attached hydrogens (tertiary/aromatic N) is 3. The number of ether oxygens (including phenoxy) is 1. The van der Waals surface area contributed by atoms with Crippen molar-refractivity contribution in [1.82, 2.24) is 15.2 Å². The summed E-state index contributed by atoms with van der Waals surface area (Å²) in [5, 5.41) is 24.0. The van der Waals surface area contributed by atoms with Crippen molar-refractivity contribution in [2.24, 2.45) is 51.2 Å². The topological polar surface area (TPSA) is 133 Å². The second kappa shape index (κ2) is 14.9. The first kappa shape index (κ1) is 40.2. The first-order valence-electron chi connectivity index (χ1n) is 21.9. The van der Waals surface area contributed by atoms with Gasteiger partial charge in [0.2, 0.25) is 0 Å². The van der Waals surface area contributed by atoms with Gasteiger partial charge in [0, 0.05) is 37.9 Å². The second-order valence-electron chi connectivity index (χ2n) is 20.3. The Morgan fingerprint density at radius 3 is 2.52 bits per heavy atom. The SMILES string of the molecule is CC1(C)C(C2=CCC(COCc3ncccc3C#N)(C(=O)O)CC2)=CCC2(C)C1CCC1(C)C3CCC4(NCCN5CCS(=O)(=O)CC5)CCC[C@@H]4C3CCC12. The second-order valence-corrected chi connectivity index (χ2v) is 22.6. The van der Waals surface area contributed by atoms with Crippen LogP contribution in [0, 0.1) is 62.6 Å². The van der Waals surface area contributed by atoms with Gasteiger partial charge >= 0.3 is 5.97 Å². The van der Waals surface area contributed by atoms with Gasteiger partial charge in [-0.3, -0.25) is 9.78 Å². The van der Waals surface area contributed by atoms with E-state index in [0.717, 1.165) is 43.7 Å². The number of hydrogen-bond acceptors (Lipinski definition) is 8. The summed E-state index contributed by atoms with van der Waals surface area (Å²) < 4.78 is 29.9. The van der Waals surface area contributed by atoms with Gasteiger partial charge in [0.25, 0.3) is 0 Å². The molecule has 8 rings (SSSR count). The number of carboxylic acid groups (broad SMARTS) is 1. The molecule has 4 saturated carbocycles. The van der Waals surface area contributed by atoms with Crippen LogP contribution in [0.2, 0.25) is 0 Å². The van der Waals surface area contributed by atoms with E-state index in [2.05, 4.69) is 61.1 Å². The lowest BCUT2D eigenvalue weighted by Crippen LogP contribution is -2.64. The summed E-state index contributed by atoms with van der Waals surface area (Å²) in [5.41, 5.74) is 3.70. The number of nitrogens with one attached hydrogen (secondary N) is 1. The lowest BCUT2D eigenvalue weighted by Gasteiger charge is -2.68. The molecule has 5 fully saturated rings. The molecular weight excluding hydrogens is 721 g/mol. The number of aliphatic carboxylic acids is 1. The van der Waals surface area contributed by atoms with Crippen molar-refractivity contribution in [2.45, 2.75) is 123 Å². The Morgan fingerprint density at radius 2 is 1.79 bits per heavy atom. The molecule has 1 saturated heterocycles. The maximum Gasteiger partial charge on any atom is 0.312 e. The minimum atomic E-state index is -2.85. The predicted octanol–water partition coefficient (Wildman–Crippen LogP) is 7.73. The molecule has 9 atom stereocenters. The van der Waals surface area contributed by atoms with Crippen LogP contribution < -0.4 is 5.32 Å². The van der Waals surface area contributed by atoms with E-state index in [4.69, 9.17) is 4.74 Å². The van der Waals surface area contributed by atoms with E-state index in [0.29, 0.717) is 65.9 Å². The van der Waals surface area contributed by atoms with E-state index in [1.165, 1.54) is 68.9 Å². The number of carbonyl (C=O) groups is 1. The standard InChI is InChI=1S/C46H66N4O5S/c1-42(2)35(32-11-19-45(20-12-32,41(51)52)31-55-30-38-33(29-47)7-6-22-48-38)13-17-44(4)39(42)15-18-43(3)36-14-21-46(16-5-8-37(46)34(36)9-10-40(43)44)49-23-24-50-25-27-56(53,54)28-26-50/h6-7,11,13,22,34,36-37,39-40,49H,5,8-10,12,14-21,23-28,30-31H2,1-4H3,(H,51,52)/t34?,36?,37-,39?,40?,43?,44?,45?,46?/m1/s1. The van der Waals surface area contributed by atoms with Crippen LogP contribution in [-0.4, -0.2) is 79.2 Å². The number of rotatable bonds is 10. The summed E-state index contributed by atoms with van der Waals surface area (Å²) in [5.74, 6) is 3.44. The van der Waals surface area contributed by atoms with E-state index in [1.54, 1.807) is 18.3 Å². The third-order valence-corrected chi connectivity index (χ3v) is 19.1. The zero-order chi connectivity index (χ0) is 39.6. The smallest absolute Gasteiger partial charge is 0.312 e. The van der Waals surface area contributed by atoms with E-state index < -0.39 is 21.2 Å². The van der Waals surface area contributed by atoms with Crippen LogP contribution in [-0.2, 0) is 26.0 Å². The van der Waals surface area contributed by atoms with Crippen LogP contribution in [0.3, 0.4) is 0 Å². The number of hydrogen-bond donors (Lipinski definition) is 2. The molecule has 6 aliphatic carbocycles. The van der Waals surface area contributed by atoms with Gasteiger partial charge in [-0.1, -0.05) is 46.3 Å². The largest absolute Gasteiger partial charge is 0.481 e. The summed E-state index contributed by atoms with van der Waals surface area (Å²) in [6.45, 7) is 13.8. The number of carboxylic acids is 1. The Morgan fingerprint density at radius 1 is 0.982 bits per heavy atom. The summed E-state index contributed by atoms with van der Waals surface area (Å²) in [7, 11) is -2.85. The average Bonchev–Trinajstić information content (AvgIpc) is 3.60. The van der Waals surface area contributed by atoms with Crippen molar-refractivity contribution in [3.63, 3.8) is 0 Å². The van der Waals surface area contributed by atoms with Crippen molar-refractivity contribution < 1.29 is 23.1 Å². The highest BCUT2D eigenvalue weighted by Crippen LogP contribution is 2.72. The van der Waals surface area contributed by atoms with Crippen molar-refractivity contribution in [1.29, 1.82) is 5.26 Å². The van der Waals surface area contributed by atoms with Gasteiger partial charge in [-0.15, -0.1) is 0 Å². The average molecular weight is 787 g/mol. The van der Waals surface area contributed by atoms with Crippen molar-refractivity contribution in [3.8, 4) is 6.07 Å². The quantitative estimate of drug-likeness (QED) is 0.245. The van der Waals surface area contributed by atoms with Crippen LogP contribution in [0.4, 0.5) is 0 Å². The highest BCUT2D eigenvalue weighted by molar-refractivity contribution is 7.91. The van der Waals surface area contributed by atoms with E-state index in [1.807, 2.05) is 0 Å². The zero-order valence-corrected chi connectivity index (χ0v) is 35.3. The minimum absolute atomic E-state index is 0.0129. The monoisotopic (exact) mass is 786 g/mol. The molecule has 0 radical (unpaired) electrons. The molecule has 1 aromatic rings. The molecule has 0 spiro atoms. The third-order valence-electron chi connectivity index (χ3n) is 17.5. The van der Waals surface area contributed by atoms with Gasteiger partial charge in [-0.05, 0) is 146 Å². The molecule has 1 aliphatic heterocycles. The van der Waals surface area contributed by atoms with Gasteiger partial charge in [0.1, 0.15) is 6.07 Å². The molecule has 2 heterocycles. The van der Waals surface area contributed by atoms with Crippen molar-refractivity contribution >= 4 is 15.8 Å². The number of nitriles is 1. The van der Waals surface area contributed by atoms with E-state index >= 15 is 0 Å². The normalized spacial score (nSPS) is 40.2. The summed E-state index contributed by atoms with van der Waals surface area (Å²) in [6, 6.07) is 5.59. The number of pyridine rings is 1. The highest BCUT2D eigenvalue weighted by Gasteiger charge is 2.65. The molecular formula is C46H66N4O5S. The molecule has 8 unspecified atom stereocenters. The first-order valence-corrected chi connectivity index (χ1v) is 23.7. The van der Waals surface area contributed by atoms with Gasteiger partial charge in [0.15, 0.2) is 9.84 Å². The Kier molecular flexibility index (Phi) is 10.7. The molecule has 306 valence electrons. The molecule has 0 aromatic carbocycles. The van der Waals surface area contributed by atoms with Gasteiger partial charge < -0.3 is 20.1 Å². The van der Waals surface area contributed by atoms with E-state index in [-0.39, 0.29) is 29.6 Å². The molecule has 1 aromatic heterocycles. The van der Waals surface area contributed by atoms with Gasteiger partial charge in [-0.25, -0.2) is 8.42 Å². The molecule has 7 aliphatic rings. The molecule has 0 bridgehead atoms. The fraction of sp³-hybridized carbons (Fsp3) is 0.761. The Hall–Kier alpha value is -2.58. The highest BCUT2D eigenvalue weighted by atomic mass is 32.2. The van der Waals surface area contributed by atoms with Crippen LogP contribution >= 0.6 is 0 Å². The number of aromatic nitrogens is 1. The van der Waals surface area contributed by atoms with Crippen LogP contribution in [0.15, 0.2) is 41.6 Å². The van der Waals surface area contributed by atoms with Crippen LogP contribution in [0.25, 0.3) is 0 Å². The molecule has 0 amide bonds. The summed E-state index contributed by atoms with van der Waals surface area (Å²) in [6.07, 6.45) is 21.1. The van der Waals surface area contributed by atoms with E-state index in [9.17, 15) is 23.6 Å². The Bertz CT molecular complexity index is 1890. The van der Waals surface area contributed by atoms with Crippen molar-refractivity contribution in [2.75, 3.05) is 44.3 Å². The maximum atomic E-state index is 12.7. The molecule has 10 heteroatoms. The summed E-state index contributed by atoms with van der Waals surface area (Å²) in [4.78, 5) is 19.4. The molecule has 2 N–H and O–H groups in total. The molecule has 9 nitrogen and oxygen atoms in total. The Labute approximate surface area is 336 Å². The maximum absolute atomic E-state index is 12.7. The number of allylic oxidation sites excluding steroid dienone is 4. The first-order chi connectivity index (χ1) is 26.7. The third kappa shape index (κ3) is 6.82. The zero-order valence-electron chi connectivity index (χ0n) is 34.5. The van der Waals surface area contributed by atoms with Crippen LogP contribution in [0.1, 0.15) is 122 Å². The lowest BCUT2D eigenvalue weighted by atomic mass is 9.37. The van der Waals surface area contributed by atoms with Gasteiger partial charge in [-0.2, -0.15) is 5.26 Å². The fourth-order valence-electron chi connectivity index (χ4n) is 14.6.